The summed E-state index contributed by atoms with van der Waals surface area (Å²) in [5.74, 6) is 0.0399. The van der Waals surface area contributed by atoms with Gasteiger partial charge in [0.1, 0.15) is 0 Å². The first kappa shape index (κ1) is 16.0. The van der Waals surface area contributed by atoms with Gasteiger partial charge in [0.2, 0.25) is 11.8 Å². The molecule has 110 valence electrons. The van der Waals surface area contributed by atoms with Gasteiger partial charge in [-0.3, -0.25) is 9.59 Å². The number of carbonyl (C=O) groups is 2. The van der Waals surface area contributed by atoms with Crippen LogP contribution in [0.4, 0.5) is 0 Å². The van der Waals surface area contributed by atoms with Gasteiger partial charge in [-0.1, -0.05) is 19.3 Å². The number of ether oxygens (including phenoxy) is 1. The highest BCUT2D eigenvalue weighted by molar-refractivity contribution is 5.78. The maximum Gasteiger partial charge on any atom is 0.221 e. The van der Waals surface area contributed by atoms with E-state index in [4.69, 9.17) is 4.74 Å². The Balaban J connectivity index is 2.24. The summed E-state index contributed by atoms with van der Waals surface area (Å²) in [5.41, 5.74) is 0. The van der Waals surface area contributed by atoms with Crippen LogP contribution in [0.5, 0.6) is 0 Å². The Labute approximate surface area is 115 Å². The van der Waals surface area contributed by atoms with E-state index < -0.39 is 0 Å². The first-order valence-corrected chi connectivity index (χ1v) is 7.17. The van der Waals surface area contributed by atoms with Crippen molar-refractivity contribution in [3.8, 4) is 0 Å². The summed E-state index contributed by atoms with van der Waals surface area (Å²) >= 11 is 0. The molecule has 2 amide bonds. The van der Waals surface area contributed by atoms with E-state index in [2.05, 4.69) is 5.32 Å². The van der Waals surface area contributed by atoms with Crippen LogP contribution < -0.4 is 5.32 Å². The molecule has 0 unspecified atom stereocenters. The SMILES string of the molecule is COCCN(CCC(=O)NC1CCCCC1)C(C)=O. The fourth-order valence-electron chi connectivity index (χ4n) is 2.41. The van der Waals surface area contributed by atoms with Gasteiger partial charge >= 0.3 is 0 Å². The minimum Gasteiger partial charge on any atom is -0.383 e. The first-order chi connectivity index (χ1) is 9.13. The van der Waals surface area contributed by atoms with Crippen molar-refractivity contribution in [2.24, 2.45) is 0 Å². The summed E-state index contributed by atoms with van der Waals surface area (Å²) in [6, 6.07) is 0.339. The monoisotopic (exact) mass is 270 g/mol. The van der Waals surface area contributed by atoms with Crippen LogP contribution in [-0.2, 0) is 14.3 Å². The molecule has 0 radical (unpaired) electrons. The number of nitrogens with one attached hydrogen (secondary N) is 1. The third-order valence-corrected chi connectivity index (χ3v) is 3.59. The van der Waals surface area contributed by atoms with Crippen LogP contribution in [0, 0.1) is 0 Å². The lowest BCUT2D eigenvalue weighted by atomic mass is 9.95. The number of amides is 2. The van der Waals surface area contributed by atoms with Gasteiger partial charge in [0.25, 0.3) is 0 Å². The van der Waals surface area contributed by atoms with Crippen molar-refractivity contribution in [3.63, 3.8) is 0 Å². The van der Waals surface area contributed by atoms with Crippen LogP contribution in [0.15, 0.2) is 0 Å². The number of nitrogens with zero attached hydrogens (tertiary/aromatic N) is 1. The lowest BCUT2D eigenvalue weighted by Gasteiger charge is -2.24. The molecule has 0 spiro atoms. The Bertz CT molecular complexity index is 288. The summed E-state index contributed by atoms with van der Waals surface area (Å²) in [5, 5.41) is 3.06. The topological polar surface area (TPSA) is 58.6 Å². The normalized spacial score (nSPS) is 16.1. The van der Waals surface area contributed by atoms with Gasteiger partial charge in [0, 0.05) is 39.6 Å². The number of methoxy groups -OCH3 is 1. The molecular formula is C14H26N2O3. The largest absolute Gasteiger partial charge is 0.383 e. The molecule has 1 rings (SSSR count). The Morgan fingerprint density at radius 1 is 1.21 bits per heavy atom. The molecule has 0 saturated heterocycles. The minimum absolute atomic E-state index is 0.0116. The van der Waals surface area contributed by atoms with E-state index in [1.165, 1.54) is 26.2 Å². The molecule has 5 nitrogen and oxygen atoms in total. The van der Waals surface area contributed by atoms with Crippen LogP contribution in [0.3, 0.4) is 0 Å². The van der Waals surface area contributed by atoms with Crippen LogP contribution >= 0.6 is 0 Å². The van der Waals surface area contributed by atoms with Crippen molar-refractivity contribution in [1.29, 1.82) is 0 Å². The van der Waals surface area contributed by atoms with E-state index >= 15 is 0 Å². The maximum absolute atomic E-state index is 11.8. The van der Waals surface area contributed by atoms with Gasteiger partial charge in [-0.25, -0.2) is 0 Å². The highest BCUT2D eigenvalue weighted by atomic mass is 16.5. The van der Waals surface area contributed by atoms with Gasteiger partial charge in [-0.05, 0) is 12.8 Å². The third-order valence-electron chi connectivity index (χ3n) is 3.59. The zero-order valence-corrected chi connectivity index (χ0v) is 12.1. The van der Waals surface area contributed by atoms with Gasteiger partial charge in [-0.2, -0.15) is 0 Å². The summed E-state index contributed by atoms with van der Waals surface area (Å²) in [4.78, 5) is 24.9. The lowest BCUT2D eigenvalue weighted by Crippen LogP contribution is -2.39. The highest BCUT2D eigenvalue weighted by Gasteiger charge is 2.16. The number of hydrogen-bond acceptors (Lipinski definition) is 3. The molecule has 1 aliphatic carbocycles. The van der Waals surface area contributed by atoms with Gasteiger partial charge in [0.05, 0.1) is 6.61 Å². The van der Waals surface area contributed by atoms with E-state index in [9.17, 15) is 9.59 Å². The molecule has 1 saturated carbocycles. The molecule has 1 aliphatic rings. The fraction of sp³-hybridized carbons (Fsp3) is 0.857. The predicted molar refractivity (Wildman–Crippen MR) is 73.8 cm³/mol. The van der Waals surface area contributed by atoms with Crippen molar-refractivity contribution < 1.29 is 14.3 Å². The Kier molecular flexibility index (Phi) is 7.48. The Hall–Kier alpha value is -1.10. The quantitative estimate of drug-likeness (QED) is 0.759. The third kappa shape index (κ3) is 6.57. The van der Waals surface area contributed by atoms with E-state index in [1.807, 2.05) is 0 Å². The molecule has 0 heterocycles. The smallest absolute Gasteiger partial charge is 0.221 e. The van der Waals surface area contributed by atoms with Crippen molar-refractivity contribution in [2.75, 3.05) is 26.8 Å². The summed E-state index contributed by atoms with van der Waals surface area (Å²) in [6.45, 7) is 3.04. The van der Waals surface area contributed by atoms with Crippen LogP contribution in [0.25, 0.3) is 0 Å². The second-order valence-corrected chi connectivity index (χ2v) is 5.15. The Morgan fingerprint density at radius 3 is 2.47 bits per heavy atom. The van der Waals surface area contributed by atoms with Crippen molar-refractivity contribution in [1.82, 2.24) is 10.2 Å². The number of carbonyl (C=O) groups excluding carboxylic acids is 2. The maximum atomic E-state index is 11.8. The van der Waals surface area contributed by atoms with Crippen molar-refractivity contribution in [2.45, 2.75) is 51.5 Å². The molecule has 1 N–H and O–H groups in total. The molecule has 19 heavy (non-hydrogen) atoms. The van der Waals surface area contributed by atoms with E-state index in [1.54, 1.807) is 12.0 Å². The second-order valence-electron chi connectivity index (χ2n) is 5.15. The Morgan fingerprint density at radius 2 is 1.89 bits per heavy atom. The van der Waals surface area contributed by atoms with Gasteiger partial charge in [-0.15, -0.1) is 0 Å². The summed E-state index contributed by atoms with van der Waals surface area (Å²) in [6.07, 6.45) is 6.25. The van der Waals surface area contributed by atoms with E-state index in [0.717, 1.165) is 12.8 Å². The van der Waals surface area contributed by atoms with E-state index in [0.29, 0.717) is 32.2 Å². The first-order valence-electron chi connectivity index (χ1n) is 7.17. The minimum atomic E-state index is -0.0116. The molecule has 0 aromatic heterocycles. The molecule has 0 aliphatic heterocycles. The highest BCUT2D eigenvalue weighted by Crippen LogP contribution is 2.17. The molecule has 0 aromatic rings. The standard InChI is InChI=1S/C14H26N2O3/c1-12(17)16(10-11-19-2)9-8-14(18)15-13-6-4-3-5-7-13/h13H,3-11H2,1-2H3,(H,15,18). The molecule has 0 aromatic carbocycles. The van der Waals surface area contributed by atoms with Crippen LogP contribution in [0.2, 0.25) is 0 Å². The second kappa shape index (κ2) is 8.91. The molecule has 1 fully saturated rings. The average Bonchev–Trinajstić information content (AvgIpc) is 2.39. The summed E-state index contributed by atoms with van der Waals surface area (Å²) < 4.78 is 4.96. The fourth-order valence-corrected chi connectivity index (χ4v) is 2.41. The summed E-state index contributed by atoms with van der Waals surface area (Å²) in [7, 11) is 1.61. The molecule has 0 atom stereocenters. The van der Waals surface area contributed by atoms with Crippen LogP contribution in [0.1, 0.15) is 45.4 Å². The average molecular weight is 270 g/mol. The van der Waals surface area contributed by atoms with Crippen molar-refractivity contribution >= 4 is 11.8 Å². The number of hydrogen-bond donors (Lipinski definition) is 1. The van der Waals surface area contributed by atoms with Gasteiger partial charge < -0.3 is 15.0 Å². The zero-order valence-electron chi connectivity index (χ0n) is 12.1. The van der Waals surface area contributed by atoms with E-state index in [-0.39, 0.29) is 11.8 Å². The number of rotatable bonds is 7. The zero-order chi connectivity index (χ0) is 14.1. The molecule has 0 bridgehead atoms. The van der Waals surface area contributed by atoms with Gasteiger partial charge in [0.15, 0.2) is 0 Å². The van der Waals surface area contributed by atoms with Crippen LogP contribution in [-0.4, -0.2) is 49.6 Å². The molecule has 5 heteroatoms. The lowest BCUT2D eigenvalue weighted by molar-refractivity contribution is -0.130. The molecular weight excluding hydrogens is 244 g/mol. The van der Waals surface area contributed by atoms with Crippen molar-refractivity contribution in [3.05, 3.63) is 0 Å². The predicted octanol–water partition coefficient (Wildman–Crippen LogP) is 1.32.